The Kier molecular flexibility index (Phi) is 3.42. The first-order valence-corrected chi connectivity index (χ1v) is 5.87. The first kappa shape index (κ1) is 12.0. The molecular weight excluding hydrogens is 220 g/mol. The third-order valence-corrected chi connectivity index (χ3v) is 3.51. The molecule has 1 saturated heterocycles. The highest BCUT2D eigenvalue weighted by atomic mass is 16.4. The van der Waals surface area contributed by atoms with Gasteiger partial charge in [0.1, 0.15) is 12.2 Å². The number of aryl methyl sites for hydroxylation is 1. The molecule has 0 bridgehead atoms. The van der Waals surface area contributed by atoms with Crippen LogP contribution in [0, 0.1) is 5.92 Å². The normalized spacial score (nSPS) is 26.0. The second-order valence-corrected chi connectivity index (χ2v) is 4.68. The summed E-state index contributed by atoms with van der Waals surface area (Å²) in [5.74, 6) is 0.0570. The Balaban J connectivity index is 1.96. The quantitative estimate of drug-likeness (QED) is 0.830. The lowest BCUT2D eigenvalue weighted by atomic mass is 9.92. The van der Waals surface area contributed by atoms with Gasteiger partial charge < -0.3 is 5.11 Å². The molecule has 1 N–H and O–H groups in total. The molecule has 0 radical (unpaired) electrons. The predicted octanol–water partition coefficient (Wildman–Crippen LogP) is 0.500. The maximum atomic E-state index is 10.9. The molecule has 2 atom stereocenters. The zero-order valence-corrected chi connectivity index (χ0v) is 10.2. The largest absolute Gasteiger partial charge is 0.481 e. The summed E-state index contributed by atoms with van der Waals surface area (Å²) >= 11 is 0. The Labute approximate surface area is 100 Å². The van der Waals surface area contributed by atoms with E-state index in [0.29, 0.717) is 6.42 Å². The van der Waals surface area contributed by atoms with Crippen molar-refractivity contribution in [3.63, 3.8) is 0 Å². The van der Waals surface area contributed by atoms with Gasteiger partial charge in [0.05, 0.1) is 12.5 Å². The van der Waals surface area contributed by atoms with Crippen LogP contribution < -0.4 is 0 Å². The van der Waals surface area contributed by atoms with E-state index in [0.717, 1.165) is 25.3 Å². The van der Waals surface area contributed by atoms with E-state index in [1.807, 2.05) is 7.05 Å². The van der Waals surface area contributed by atoms with Gasteiger partial charge in [-0.05, 0) is 26.3 Å². The lowest BCUT2D eigenvalue weighted by Gasteiger charge is -2.35. The summed E-state index contributed by atoms with van der Waals surface area (Å²) in [6, 6.07) is 0.279. The summed E-state index contributed by atoms with van der Waals surface area (Å²) in [4.78, 5) is 17.4. The van der Waals surface area contributed by atoms with Gasteiger partial charge in [0.15, 0.2) is 0 Å². The zero-order valence-electron chi connectivity index (χ0n) is 10.2. The second kappa shape index (κ2) is 4.83. The number of hydrogen-bond acceptors (Lipinski definition) is 4. The van der Waals surface area contributed by atoms with Crippen LogP contribution in [0.5, 0.6) is 0 Å². The van der Waals surface area contributed by atoms with Crippen LogP contribution in [0.25, 0.3) is 0 Å². The average Bonchev–Trinajstić information content (AvgIpc) is 2.67. The highest BCUT2D eigenvalue weighted by molar-refractivity contribution is 5.70. The Bertz CT molecular complexity index is 404. The lowest BCUT2D eigenvalue weighted by Crippen LogP contribution is -2.42. The fraction of sp³-hybridized carbons (Fsp3) is 0.727. The maximum absolute atomic E-state index is 10.9. The van der Waals surface area contributed by atoms with E-state index in [4.69, 9.17) is 5.11 Å². The number of likely N-dealkylation sites (tertiary alicyclic amines) is 1. The van der Waals surface area contributed by atoms with Gasteiger partial charge >= 0.3 is 5.97 Å². The summed E-state index contributed by atoms with van der Waals surface area (Å²) in [6.45, 7) is 3.63. The SMILES string of the molecule is CC1CC(C(=O)O)CCN1Cc1ncnn1C. The van der Waals surface area contributed by atoms with E-state index >= 15 is 0 Å². The molecule has 1 aliphatic heterocycles. The minimum atomic E-state index is -0.671. The average molecular weight is 238 g/mol. The van der Waals surface area contributed by atoms with Gasteiger partial charge in [0, 0.05) is 13.1 Å². The van der Waals surface area contributed by atoms with Crippen LogP contribution >= 0.6 is 0 Å². The summed E-state index contributed by atoms with van der Waals surface area (Å²) in [5.41, 5.74) is 0. The van der Waals surface area contributed by atoms with Crippen LogP contribution in [-0.4, -0.2) is 43.3 Å². The Morgan fingerprint density at radius 3 is 2.94 bits per heavy atom. The topological polar surface area (TPSA) is 71.2 Å². The number of hydrogen-bond donors (Lipinski definition) is 1. The van der Waals surface area contributed by atoms with E-state index in [9.17, 15) is 4.79 Å². The molecule has 1 aromatic heterocycles. The molecule has 0 saturated carbocycles. The number of nitrogens with zero attached hydrogens (tertiary/aromatic N) is 4. The molecule has 0 amide bonds. The molecule has 2 rings (SSSR count). The van der Waals surface area contributed by atoms with Crippen molar-refractivity contribution in [2.75, 3.05) is 6.54 Å². The van der Waals surface area contributed by atoms with Crippen molar-refractivity contribution >= 4 is 5.97 Å². The monoisotopic (exact) mass is 238 g/mol. The molecule has 1 aliphatic rings. The van der Waals surface area contributed by atoms with Gasteiger partial charge in [0.25, 0.3) is 0 Å². The van der Waals surface area contributed by atoms with Crippen LogP contribution in [0.2, 0.25) is 0 Å². The Morgan fingerprint density at radius 2 is 2.41 bits per heavy atom. The smallest absolute Gasteiger partial charge is 0.306 e. The van der Waals surface area contributed by atoms with Gasteiger partial charge in [-0.15, -0.1) is 0 Å². The number of carboxylic acid groups (broad SMARTS) is 1. The van der Waals surface area contributed by atoms with Crippen LogP contribution in [0.4, 0.5) is 0 Å². The van der Waals surface area contributed by atoms with Crippen molar-refractivity contribution in [2.24, 2.45) is 13.0 Å². The molecule has 1 aromatic rings. The lowest BCUT2D eigenvalue weighted by molar-refractivity contribution is -0.144. The zero-order chi connectivity index (χ0) is 12.4. The van der Waals surface area contributed by atoms with Gasteiger partial charge in [-0.3, -0.25) is 14.4 Å². The molecule has 2 heterocycles. The number of aliphatic carboxylic acids is 1. The van der Waals surface area contributed by atoms with Crippen LogP contribution in [-0.2, 0) is 18.4 Å². The molecule has 6 nitrogen and oxygen atoms in total. The molecule has 17 heavy (non-hydrogen) atoms. The maximum Gasteiger partial charge on any atom is 0.306 e. The fourth-order valence-corrected chi connectivity index (χ4v) is 2.32. The fourth-order valence-electron chi connectivity index (χ4n) is 2.32. The Morgan fingerprint density at radius 1 is 1.65 bits per heavy atom. The van der Waals surface area contributed by atoms with Crippen molar-refractivity contribution in [1.82, 2.24) is 19.7 Å². The summed E-state index contributed by atoms with van der Waals surface area (Å²) in [6.07, 6.45) is 2.98. The molecule has 1 fully saturated rings. The van der Waals surface area contributed by atoms with E-state index in [-0.39, 0.29) is 12.0 Å². The number of piperidine rings is 1. The van der Waals surface area contributed by atoms with Crippen molar-refractivity contribution in [2.45, 2.75) is 32.4 Å². The van der Waals surface area contributed by atoms with Gasteiger partial charge in [-0.25, -0.2) is 4.98 Å². The number of carboxylic acids is 1. The van der Waals surface area contributed by atoms with E-state index in [1.165, 1.54) is 0 Å². The molecular formula is C11H18N4O2. The molecule has 94 valence electrons. The predicted molar refractivity (Wildman–Crippen MR) is 61.2 cm³/mol. The first-order valence-electron chi connectivity index (χ1n) is 5.87. The van der Waals surface area contributed by atoms with Gasteiger partial charge in [-0.2, -0.15) is 5.10 Å². The minimum Gasteiger partial charge on any atom is -0.481 e. The molecule has 2 unspecified atom stereocenters. The third-order valence-electron chi connectivity index (χ3n) is 3.51. The third kappa shape index (κ3) is 2.63. The van der Waals surface area contributed by atoms with Crippen LogP contribution in [0.15, 0.2) is 6.33 Å². The highest BCUT2D eigenvalue weighted by Crippen LogP contribution is 2.23. The van der Waals surface area contributed by atoms with E-state index < -0.39 is 5.97 Å². The van der Waals surface area contributed by atoms with Crippen LogP contribution in [0.3, 0.4) is 0 Å². The summed E-state index contributed by atoms with van der Waals surface area (Å²) < 4.78 is 1.76. The summed E-state index contributed by atoms with van der Waals surface area (Å²) in [5, 5.41) is 13.0. The van der Waals surface area contributed by atoms with Crippen molar-refractivity contribution in [3.05, 3.63) is 12.2 Å². The number of carbonyl (C=O) groups is 1. The number of rotatable bonds is 3. The minimum absolute atomic E-state index is 0.194. The van der Waals surface area contributed by atoms with Crippen molar-refractivity contribution in [1.29, 1.82) is 0 Å². The molecule has 6 heteroatoms. The molecule has 0 aliphatic carbocycles. The van der Waals surface area contributed by atoms with Gasteiger partial charge in [-0.1, -0.05) is 0 Å². The Hall–Kier alpha value is -1.43. The van der Waals surface area contributed by atoms with Crippen molar-refractivity contribution < 1.29 is 9.90 Å². The summed E-state index contributed by atoms with van der Waals surface area (Å²) in [7, 11) is 1.87. The number of aromatic nitrogens is 3. The standard InChI is InChI=1S/C11H18N4O2/c1-8-5-9(11(16)17)3-4-15(8)6-10-12-7-13-14(10)2/h7-9H,3-6H2,1-2H3,(H,16,17). The molecule has 0 aromatic carbocycles. The van der Waals surface area contributed by atoms with Gasteiger partial charge in [0.2, 0.25) is 0 Å². The van der Waals surface area contributed by atoms with Crippen molar-refractivity contribution in [3.8, 4) is 0 Å². The van der Waals surface area contributed by atoms with Crippen LogP contribution in [0.1, 0.15) is 25.6 Å². The molecule has 0 spiro atoms. The van der Waals surface area contributed by atoms with E-state index in [2.05, 4.69) is 21.9 Å². The second-order valence-electron chi connectivity index (χ2n) is 4.68. The first-order chi connectivity index (χ1) is 8.08. The van der Waals surface area contributed by atoms with E-state index in [1.54, 1.807) is 11.0 Å². The highest BCUT2D eigenvalue weighted by Gasteiger charge is 2.30.